The Labute approximate surface area is 205 Å². The van der Waals surface area contributed by atoms with Crippen LogP contribution in [-0.4, -0.2) is 60.7 Å². The van der Waals surface area contributed by atoms with Crippen molar-refractivity contribution in [2.24, 2.45) is 4.99 Å². The molecule has 0 aliphatic carbocycles. The molecule has 1 atom stereocenters. The first kappa shape index (κ1) is 25.8. The molecule has 0 bridgehead atoms. The molecule has 1 fully saturated rings. The van der Waals surface area contributed by atoms with Gasteiger partial charge in [-0.1, -0.05) is 54.6 Å². The van der Waals surface area contributed by atoms with Gasteiger partial charge in [-0.3, -0.25) is 14.1 Å². The van der Waals surface area contributed by atoms with Crippen molar-refractivity contribution >= 4 is 40.7 Å². The van der Waals surface area contributed by atoms with Gasteiger partial charge in [0.15, 0.2) is 5.96 Å². The highest BCUT2D eigenvalue weighted by Gasteiger charge is 2.13. The number of aliphatic imine (C=N–C) groups is 1. The quantitative estimate of drug-likeness (QED) is 0.283. The number of hydrogen-bond acceptors (Lipinski definition) is 4. The molecule has 0 aromatic heterocycles. The molecule has 3 rings (SSSR count). The van der Waals surface area contributed by atoms with E-state index < -0.39 is 10.8 Å². The lowest BCUT2D eigenvalue weighted by Crippen LogP contribution is -2.39. The van der Waals surface area contributed by atoms with Gasteiger partial charge in [0.1, 0.15) is 0 Å². The topological polar surface area (TPSA) is 66.0 Å². The summed E-state index contributed by atoms with van der Waals surface area (Å²) >= 11 is 0. The molecule has 2 aromatic carbocycles. The summed E-state index contributed by atoms with van der Waals surface area (Å²) < 4.78 is 17.7. The van der Waals surface area contributed by atoms with E-state index in [1.807, 2.05) is 30.3 Å². The molecule has 0 spiro atoms. The molecule has 2 N–H and O–H groups in total. The number of morpholine rings is 1. The number of rotatable bonds is 9. The summed E-state index contributed by atoms with van der Waals surface area (Å²) in [6.07, 6.45) is 0. The van der Waals surface area contributed by atoms with Crippen LogP contribution in [0.2, 0.25) is 0 Å². The van der Waals surface area contributed by atoms with Crippen LogP contribution in [0.3, 0.4) is 0 Å². The fourth-order valence-corrected chi connectivity index (χ4v) is 4.44. The molecule has 0 amide bonds. The fraction of sp³-hybridized carbons (Fsp3) is 0.435. The van der Waals surface area contributed by atoms with Crippen LogP contribution < -0.4 is 10.6 Å². The van der Waals surface area contributed by atoms with Crippen LogP contribution in [0.5, 0.6) is 0 Å². The van der Waals surface area contributed by atoms with Gasteiger partial charge in [0.2, 0.25) is 0 Å². The number of nitrogens with one attached hydrogen (secondary N) is 2. The van der Waals surface area contributed by atoms with Crippen molar-refractivity contribution in [2.75, 3.05) is 45.6 Å². The van der Waals surface area contributed by atoms with Crippen molar-refractivity contribution in [1.82, 2.24) is 15.5 Å². The Bertz CT molecular complexity index is 829. The summed E-state index contributed by atoms with van der Waals surface area (Å²) in [4.78, 5) is 6.73. The average molecular weight is 557 g/mol. The van der Waals surface area contributed by atoms with Crippen LogP contribution in [0.15, 0.2) is 59.6 Å². The Kier molecular flexibility index (Phi) is 12.1. The lowest BCUT2D eigenvalue weighted by Gasteiger charge is -2.27. The number of guanidine groups is 1. The third-order valence-electron chi connectivity index (χ3n) is 5.08. The van der Waals surface area contributed by atoms with Crippen molar-refractivity contribution in [3.05, 3.63) is 71.3 Å². The SMILES string of the molecule is CN=C(NCCS(=O)Cc1ccccc1)NCc1ccccc1CN1CCOCC1.I. The zero-order valence-corrected chi connectivity index (χ0v) is 21.2. The molecule has 0 saturated carbocycles. The zero-order valence-electron chi connectivity index (χ0n) is 18.1. The van der Waals surface area contributed by atoms with E-state index in [0.717, 1.165) is 44.4 Å². The lowest BCUT2D eigenvalue weighted by molar-refractivity contribution is 0.0341. The van der Waals surface area contributed by atoms with Crippen LogP contribution in [0.25, 0.3) is 0 Å². The van der Waals surface area contributed by atoms with E-state index in [2.05, 4.69) is 44.8 Å². The normalized spacial score (nSPS) is 15.7. The van der Waals surface area contributed by atoms with Gasteiger partial charge in [-0.2, -0.15) is 0 Å². The molecular formula is C23H33IN4O2S. The second kappa shape index (κ2) is 14.5. The maximum absolute atomic E-state index is 12.3. The van der Waals surface area contributed by atoms with Gasteiger partial charge in [-0.25, -0.2) is 0 Å². The Balaban J connectivity index is 0.00000341. The van der Waals surface area contributed by atoms with Crippen molar-refractivity contribution < 1.29 is 8.95 Å². The molecule has 2 aromatic rings. The van der Waals surface area contributed by atoms with Gasteiger partial charge < -0.3 is 15.4 Å². The first-order chi connectivity index (χ1) is 14.7. The third-order valence-corrected chi connectivity index (χ3v) is 6.39. The zero-order chi connectivity index (χ0) is 21.0. The van der Waals surface area contributed by atoms with Gasteiger partial charge >= 0.3 is 0 Å². The van der Waals surface area contributed by atoms with Crippen LogP contribution in [0.4, 0.5) is 0 Å². The second-order valence-electron chi connectivity index (χ2n) is 7.28. The molecule has 0 radical (unpaired) electrons. The molecule has 1 heterocycles. The highest BCUT2D eigenvalue weighted by molar-refractivity contribution is 14.0. The predicted octanol–water partition coefficient (Wildman–Crippen LogP) is 2.75. The molecule has 8 heteroatoms. The summed E-state index contributed by atoms with van der Waals surface area (Å²) in [5, 5.41) is 6.66. The third kappa shape index (κ3) is 9.26. The maximum Gasteiger partial charge on any atom is 0.191 e. The Morgan fingerprint density at radius 1 is 1.03 bits per heavy atom. The molecule has 1 unspecified atom stereocenters. The predicted molar refractivity (Wildman–Crippen MR) is 139 cm³/mol. The molecule has 170 valence electrons. The van der Waals surface area contributed by atoms with Gasteiger partial charge in [-0.05, 0) is 16.7 Å². The molecule has 1 saturated heterocycles. The molecule has 1 aliphatic rings. The highest BCUT2D eigenvalue weighted by atomic mass is 127. The van der Waals surface area contributed by atoms with Crippen molar-refractivity contribution in [2.45, 2.75) is 18.8 Å². The van der Waals surface area contributed by atoms with E-state index in [9.17, 15) is 4.21 Å². The van der Waals surface area contributed by atoms with Crippen LogP contribution in [0, 0.1) is 0 Å². The number of nitrogens with zero attached hydrogens (tertiary/aromatic N) is 2. The summed E-state index contributed by atoms with van der Waals surface area (Å²) in [5.74, 6) is 1.90. The molecular weight excluding hydrogens is 523 g/mol. The summed E-state index contributed by atoms with van der Waals surface area (Å²) in [5.41, 5.74) is 3.70. The van der Waals surface area contributed by atoms with Crippen molar-refractivity contribution in [3.63, 3.8) is 0 Å². The van der Waals surface area contributed by atoms with E-state index >= 15 is 0 Å². The summed E-state index contributed by atoms with van der Waals surface area (Å²) in [6.45, 7) is 5.83. The second-order valence-corrected chi connectivity index (χ2v) is 8.86. The van der Waals surface area contributed by atoms with Crippen molar-refractivity contribution in [1.29, 1.82) is 0 Å². The number of halogens is 1. The Hall–Kier alpha value is -1.49. The fourth-order valence-electron chi connectivity index (χ4n) is 3.40. The Morgan fingerprint density at radius 2 is 1.71 bits per heavy atom. The Morgan fingerprint density at radius 3 is 2.42 bits per heavy atom. The molecule has 31 heavy (non-hydrogen) atoms. The molecule has 1 aliphatic heterocycles. The number of benzene rings is 2. The molecule has 6 nitrogen and oxygen atoms in total. The lowest BCUT2D eigenvalue weighted by atomic mass is 10.1. The number of hydrogen-bond donors (Lipinski definition) is 2. The minimum atomic E-state index is -0.898. The van der Waals surface area contributed by atoms with Crippen LogP contribution in [-0.2, 0) is 34.4 Å². The maximum atomic E-state index is 12.3. The minimum absolute atomic E-state index is 0. The van der Waals surface area contributed by atoms with Gasteiger partial charge in [-0.15, -0.1) is 24.0 Å². The highest BCUT2D eigenvalue weighted by Crippen LogP contribution is 2.13. The monoisotopic (exact) mass is 556 g/mol. The standard InChI is InChI=1S/C23H32N4O2S.HI/c1-24-23(25-11-16-30(28)19-20-7-3-2-4-8-20)26-17-21-9-5-6-10-22(21)18-27-12-14-29-15-13-27;/h2-10H,11-19H2,1H3,(H2,24,25,26);1H. The summed E-state index contributed by atoms with van der Waals surface area (Å²) in [6, 6.07) is 18.5. The van der Waals surface area contributed by atoms with Crippen LogP contribution >= 0.6 is 24.0 Å². The largest absolute Gasteiger partial charge is 0.379 e. The van der Waals surface area contributed by atoms with Crippen molar-refractivity contribution in [3.8, 4) is 0 Å². The summed E-state index contributed by atoms with van der Waals surface area (Å²) in [7, 11) is 0.861. The van der Waals surface area contributed by atoms with E-state index in [1.165, 1.54) is 11.1 Å². The smallest absolute Gasteiger partial charge is 0.191 e. The first-order valence-electron chi connectivity index (χ1n) is 10.4. The van der Waals surface area contributed by atoms with E-state index in [-0.39, 0.29) is 24.0 Å². The van der Waals surface area contributed by atoms with E-state index in [4.69, 9.17) is 4.74 Å². The van der Waals surface area contributed by atoms with Gasteiger partial charge in [0, 0.05) is 62.1 Å². The average Bonchev–Trinajstić information content (AvgIpc) is 2.78. The van der Waals surface area contributed by atoms with Crippen LogP contribution in [0.1, 0.15) is 16.7 Å². The van der Waals surface area contributed by atoms with Gasteiger partial charge in [0.05, 0.1) is 13.2 Å². The first-order valence-corrected chi connectivity index (χ1v) is 11.9. The van der Waals surface area contributed by atoms with E-state index in [0.29, 0.717) is 24.6 Å². The van der Waals surface area contributed by atoms with E-state index in [1.54, 1.807) is 7.05 Å². The van der Waals surface area contributed by atoms with Gasteiger partial charge in [0.25, 0.3) is 0 Å². The minimum Gasteiger partial charge on any atom is -0.379 e. The number of ether oxygens (including phenoxy) is 1.